The van der Waals surface area contributed by atoms with E-state index in [0.29, 0.717) is 17.6 Å². The van der Waals surface area contributed by atoms with Crippen molar-refractivity contribution in [2.45, 2.75) is 20.0 Å². The molecule has 0 bridgehead atoms. The number of hydrogen-bond donors (Lipinski definition) is 1. The average Bonchev–Trinajstić information content (AvgIpc) is 2.66. The van der Waals surface area contributed by atoms with E-state index in [0.717, 1.165) is 12.1 Å². The minimum atomic E-state index is -4.65. The maximum absolute atomic E-state index is 13.1. The van der Waals surface area contributed by atoms with Gasteiger partial charge in [-0.3, -0.25) is 0 Å². The lowest BCUT2D eigenvalue weighted by Gasteiger charge is -2.15. The van der Waals surface area contributed by atoms with Crippen LogP contribution >= 0.6 is 0 Å². The van der Waals surface area contributed by atoms with Gasteiger partial charge in [-0.25, -0.2) is 9.78 Å². The van der Waals surface area contributed by atoms with Gasteiger partial charge in [0.05, 0.1) is 22.5 Å². The quantitative estimate of drug-likeness (QED) is 0.921. The Labute approximate surface area is 112 Å². The lowest BCUT2D eigenvalue weighted by Crippen LogP contribution is -2.13. The monoisotopic (exact) mass is 284 g/mol. The van der Waals surface area contributed by atoms with Gasteiger partial charge in [-0.15, -0.1) is 0 Å². The largest absolute Gasteiger partial charge is 0.478 e. The van der Waals surface area contributed by atoms with E-state index in [1.165, 1.54) is 10.8 Å². The molecule has 7 heteroatoms. The molecule has 2 aromatic rings. The van der Waals surface area contributed by atoms with Crippen LogP contribution < -0.4 is 0 Å². The van der Waals surface area contributed by atoms with Gasteiger partial charge in [-0.05, 0) is 32.0 Å². The lowest BCUT2D eigenvalue weighted by molar-refractivity contribution is -0.137. The van der Waals surface area contributed by atoms with E-state index >= 15 is 0 Å². The molecule has 0 aliphatic carbocycles. The predicted molar refractivity (Wildman–Crippen MR) is 65.0 cm³/mol. The van der Waals surface area contributed by atoms with Crippen LogP contribution in [0.5, 0.6) is 0 Å². The van der Waals surface area contributed by atoms with Crippen molar-refractivity contribution in [3.63, 3.8) is 0 Å². The van der Waals surface area contributed by atoms with Gasteiger partial charge in [-0.1, -0.05) is 0 Å². The molecule has 2 rings (SSSR count). The second kappa shape index (κ2) is 4.66. The summed E-state index contributed by atoms with van der Waals surface area (Å²) in [6.45, 7) is 3.25. The van der Waals surface area contributed by atoms with E-state index in [1.54, 1.807) is 13.8 Å². The highest BCUT2D eigenvalue weighted by Crippen LogP contribution is 2.35. The molecule has 1 aromatic carbocycles. The first kappa shape index (κ1) is 14.1. The number of carboxylic acids is 1. The SMILES string of the molecule is Cc1cn(-c2ccc(C(=O)O)cc2C(F)(F)F)c(C)n1. The summed E-state index contributed by atoms with van der Waals surface area (Å²) >= 11 is 0. The Morgan fingerprint density at radius 2 is 1.95 bits per heavy atom. The van der Waals surface area contributed by atoms with Crippen molar-refractivity contribution >= 4 is 5.97 Å². The minimum Gasteiger partial charge on any atom is -0.478 e. The van der Waals surface area contributed by atoms with Crippen molar-refractivity contribution in [1.82, 2.24) is 9.55 Å². The zero-order valence-corrected chi connectivity index (χ0v) is 10.7. The van der Waals surface area contributed by atoms with Gasteiger partial charge in [0.1, 0.15) is 5.82 Å². The van der Waals surface area contributed by atoms with Crippen LogP contribution in [0.4, 0.5) is 13.2 Å². The van der Waals surface area contributed by atoms with Crippen LogP contribution in [0.2, 0.25) is 0 Å². The van der Waals surface area contributed by atoms with Crippen molar-refractivity contribution in [3.8, 4) is 5.69 Å². The topological polar surface area (TPSA) is 55.1 Å². The molecule has 106 valence electrons. The molecule has 1 N–H and O–H groups in total. The van der Waals surface area contributed by atoms with E-state index in [9.17, 15) is 18.0 Å². The van der Waals surface area contributed by atoms with Gasteiger partial charge in [0.15, 0.2) is 0 Å². The van der Waals surface area contributed by atoms with Crippen LogP contribution in [0.3, 0.4) is 0 Å². The van der Waals surface area contributed by atoms with Gasteiger partial charge in [0.25, 0.3) is 0 Å². The molecule has 0 spiro atoms. The summed E-state index contributed by atoms with van der Waals surface area (Å²) in [7, 11) is 0. The Bertz CT molecular complexity index is 675. The molecule has 0 saturated carbocycles. The first-order chi connectivity index (χ1) is 9.20. The van der Waals surface area contributed by atoms with Crippen LogP contribution in [0.25, 0.3) is 5.69 Å². The van der Waals surface area contributed by atoms with Crippen molar-refractivity contribution in [3.05, 3.63) is 47.0 Å². The van der Waals surface area contributed by atoms with E-state index in [2.05, 4.69) is 4.98 Å². The number of aromatic carboxylic acids is 1. The average molecular weight is 284 g/mol. The maximum atomic E-state index is 13.1. The summed E-state index contributed by atoms with van der Waals surface area (Å²) in [6, 6.07) is 2.91. The smallest absolute Gasteiger partial charge is 0.418 e. The standard InChI is InChI=1S/C13H11F3N2O2/c1-7-6-18(8(2)17-7)11-4-3-9(12(19)20)5-10(11)13(14,15)16/h3-6H,1-2H3,(H,19,20). The van der Waals surface area contributed by atoms with Gasteiger partial charge < -0.3 is 9.67 Å². The Morgan fingerprint density at radius 3 is 2.40 bits per heavy atom. The summed E-state index contributed by atoms with van der Waals surface area (Å²) in [6.07, 6.45) is -3.17. The highest BCUT2D eigenvalue weighted by Gasteiger charge is 2.35. The second-order valence-electron chi connectivity index (χ2n) is 4.33. The van der Waals surface area contributed by atoms with Gasteiger partial charge in [0.2, 0.25) is 0 Å². The molecule has 0 fully saturated rings. The maximum Gasteiger partial charge on any atom is 0.418 e. The summed E-state index contributed by atoms with van der Waals surface area (Å²) < 4.78 is 40.6. The third-order valence-corrected chi connectivity index (χ3v) is 2.81. The molecule has 0 aliphatic rings. The molecule has 1 heterocycles. The molecule has 0 unspecified atom stereocenters. The summed E-state index contributed by atoms with van der Waals surface area (Å²) in [4.78, 5) is 14.9. The first-order valence-electron chi connectivity index (χ1n) is 5.67. The third-order valence-electron chi connectivity index (χ3n) is 2.81. The van der Waals surface area contributed by atoms with Crippen LogP contribution in [0.1, 0.15) is 27.4 Å². The fraction of sp³-hybridized carbons (Fsp3) is 0.231. The van der Waals surface area contributed by atoms with Crippen LogP contribution in [0, 0.1) is 13.8 Å². The molecule has 20 heavy (non-hydrogen) atoms. The third kappa shape index (κ3) is 2.52. The number of nitrogens with zero attached hydrogens (tertiary/aromatic N) is 2. The minimum absolute atomic E-state index is 0.138. The number of hydrogen-bond acceptors (Lipinski definition) is 2. The van der Waals surface area contributed by atoms with Crippen LogP contribution in [-0.2, 0) is 6.18 Å². The first-order valence-corrected chi connectivity index (χ1v) is 5.67. The molecule has 4 nitrogen and oxygen atoms in total. The number of imidazole rings is 1. The Balaban J connectivity index is 2.70. The highest BCUT2D eigenvalue weighted by atomic mass is 19.4. The van der Waals surface area contributed by atoms with E-state index in [4.69, 9.17) is 5.11 Å². The number of benzene rings is 1. The number of aromatic nitrogens is 2. The molecule has 1 aromatic heterocycles. The zero-order chi connectivity index (χ0) is 15.1. The second-order valence-corrected chi connectivity index (χ2v) is 4.33. The summed E-state index contributed by atoms with van der Waals surface area (Å²) in [5.74, 6) is -1.00. The van der Waals surface area contributed by atoms with E-state index in [-0.39, 0.29) is 5.69 Å². The van der Waals surface area contributed by atoms with Crippen molar-refractivity contribution in [2.24, 2.45) is 0 Å². The lowest BCUT2D eigenvalue weighted by atomic mass is 10.1. The van der Waals surface area contributed by atoms with E-state index < -0.39 is 23.3 Å². The number of carboxylic acid groups (broad SMARTS) is 1. The Morgan fingerprint density at radius 1 is 1.30 bits per heavy atom. The molecule has 0 atom stereocenters. The predicted octanol–water partition coefficient (Wildman–Crippen LogP) is 3.21. The van der Waals surface area contributed by atoms with Crippen molar-refractivity contribution in [2.75, 3.05) is 0 Å². The van der Waals surface area contributed by atoms with Crippen LogP contribution in [-0.4, -0.2) is 20.6 Å². The number of alkyl halides is 3. The summed E-state index contributed by atoms with van der Waals surface area (Å²) in [5, 5.41) is 8.81. The zero-order valence-electron chi connectivity index (χ0n) is 10.7. The Kier molecular flexibility index (Phi) is 3.29. The number of halogens is 3. The molecule has 0 saturated heterocycles. The molecule has 0 amide bonds. The summed E-state index contributed by atoms with van der Waals surface area (Å²) in [5.41, 5.74) is -0.966. The molecule has 0 radical (unpaired) electrons. The number of aryl methyl sites for hydroxylation is 2. The normalized spacial score (nSPS) is 11.7. The molecular formula is C13H11F3N2O2. The van der Waals surface area contributed by atoms with Crippen LogP contribution in [0.15, 0.2) is 24.4 Å². The van der Waals surface area contributed by atoms with Crippen molar-refractivity contribution < 1.29 is 23.1 Å². The van der Waals surface area contributed by atoms with Gasteiger partial charge >= 0.3 is 12.1 Å². The molecule has 0 aliphatic heterocycles. The van der Waals surface area contributed by atoms with Gasteiger partial charge in [0, 0.05) is 6.20 Å². The highest BCUT2D eigenvalue weighted by molar-refractivity contribution is 5.88. The number of rotatable bonds is 2. The number of carbonyl (C=O) groups is 1. The van der Waals surface area contributed by atoms with Gasteiger partial charge in [-0.2, -0.15) is 13.2 Å². The van der Waals surface area contributed by atoms with E-state index in [1.807, 2.05) is 0 Å². The Hall–Kier alpha value is -2.31. The fourth-order valence-electron chi connectivity index (χ4n) is 1.97. The molecular weight excluding hydrogens is 273 g/mol. The fourth-order valence-corrected chi connectivity index (χ4v) is 1.97. The van der Waals surface area contributed by atoms with Crippen molar-refractivity contribution in [1.29, 1.82) is 0 Å².